The minimum Gasteiger partial charge on any atom is -0.332 e. The largest absolute Gasteiger partial charge is 0.332 e. The summed E-state index contributed by atoms with van der Waals surface area (Å²) in [6, 6.07) is 18.6. The van der Waals surface area contributed by atoms with Crippen LogP contribution in [0.5, 0.6) is 0 Å². The predicted molar refractivity (Wildman–Crippen MR) is 120 cm³/mol. The van der Waals surface area contributed by atoms with Crippen molar-refractivity contribution in [2.45, 2.75) is 44.2 Å². The average Bonchev–Trinajstić information content (AvgIpc) is 3.23. The van der Waals surface area contributed by atoms with Gasteiger partial charge in [-0.2, -0.15) is 0 Å². The van der Waals surface area contributed by atoms with Crippen LogP contribution in [0.2, 0.25) is 0 Å². The molecule has 3 heterocycles. The second-order valence-electron chi connectivity index (χ2n) is 9.46. The van der Waals surface area contributed by atoms with Crippen molar-refractivity contribution in [1.82, 2.24) is 15.1 Å². The van der Waals surface area contributed by atoms with Gasteiger partial charge in [0.2, 0.25) is 0 Å². The van der Waals surface area contributed by atoms with Crippen LogP contribution in [0, 0.1) is 5.92 Å². The van der Waals surface area contributed by atoms with E-state index in [1.165, 1.54) is 36.8 Å². The molecule has 1 amide bonds. The lowest BCUT2D eigenvalue weighted by atomic mass is 9.80. The van der Waals surface area contributed by atoms with Gasteiger partial charge in [0.05, 0.1) is 0 Å². The Hall–Kier alpha value is -2.17. The molecule has 4 heteroatoms. The first-order valence-electron chi connectivity index (χ1n) is 11.6. The highest BCUT2D eigenvalue weighted by Gasteiger charge is 2.44. The fraction of sp³-hybridized carbons (Fsp3) is 0.500. The number of hydrogen-bond donors (Lipinski definition) is 1. The molecule has 158 valence electrons. The monoisotopic (exact) mass is 403 g/mol. The third-order valence-corrected chi connectivity index (χ3v) is 7.42. The molecule has 2 atom stereocenters. The van der Waals surface area contributed by atoms with E-state index in [0.29, 0.717) is 6.54 Å². The van der Waals surface area contributed by atoms with Gasteiger partial charge in [0.1, 0.15) is 0 Å². The third-order valence-electron chi connectivity index (χ3n) is 7.42. The fourth-order valence-corrected chi connectivity index (χ4v) is 5.82. The summed E-state index contributed by atoms with van der Waals surface area (Å²) in [5.41, 5.74) is 3.59. The molecule has 5 rings (SSSR count). The zero-order valence-electron chi connectivity index (χ0n) is 17.9. The SMILES string of the molecule is O=C(c1ccccc1)N1Cc2ccccc2CC2(CCCCN2CC2CCNC2)C1. The second kappa shape index (κ2) is 8.52. The molecule has 3 aliphatic rings. The van der Waals surface area contributed by atoms with E-state index in [0.717, 1.165) is 50.6 Å². The van der Waals surface area contributed by atoms with E-state index in [1.807, 2.05) is 30.3 Å². The van der Waals surface area contributed by atoms with Gasteiger partial charge in [-0.05, 0) is 74.5 Å². The maximum atomic E-state index is 13.5. The van der Waals surface area contributed by atoms with E-state index >= 15 is 0 Å². The van der Waals surface area contributed by atoms with E-state index in [9.17, 15) is 4.79 Å². The smallest absolute Gasteiger partial charge is 0.254 e. The average molecular weight is 404 g/mol. The molecular weight excluding hydrogens is 370 g/mol. The van der Waals surface area contributed by atoms with Crippen LogP contribution in [-0.4, -0.2) is 54.0 Å². The molecule has 4 nitrogen and oxygen atoms in total. The molecular formula is C26H33N3O. The Balaban J connectivity index is 1.50. The summed E-state index contributed by atoms with van der Waals surface area (Å²) in [6.45, 7) is 6.14. The van der Waals surface area contributed by atoms with Gasteiger partial charge in [0.25, 0.3) is 5.91 Å². The third kappa shape index (κ3) is 3.91. The summed E-state index contributed by atoms with van der Waals surface area (Å²) in [5, 5.41) is 3.54. The molecule has 0 aliphatic carbocycles. The molecule has 2 unspecified atom stereocenters. The highest BCUT2D eigenvalue weighted by molar-refractivity contribution is 5.94. The summed E-state index contributed by atoms with van der Waals surface area (Å²) < 4.78 is 0. The summed E-state index contributed by atoms with van der Waals surface area (Å²) in [4.78, 5) is 18.4. The quantitative estimate of drug-likeness (QED) is 0.848. The fourth-order valence-electron chi connectivity index (χ4n) is 5.82. The van der Waals surface area contributed by atoms with Gasteiger partial charge in [-0.15, -0.1) is 0 Å². The van der Waals surface area contributed by atoms with Crippen molar-refractivity contribution in [2.24, 2.45) is 5.92 Å². The van der Waals surface area contributed by atoms with E-state index in [-0.39, 0.29) is 11.4 Å². The number of nitrogens with zero attached hydrogens (tertiary/aromatic N) is 2. The molecule has 2 aromatic carbocycles. The van der Waals surface area contributed by atoms with Crippen molar-refractivity contribution in [3.63, 3.8) is 0 Å². The van der Waals surface area contributed by atoms with Crippen molar-refractivity contribution in [2.75, 3.05) is 32.7 Å². The molecule has 2 saturated heterocycles. The van der Waals surface area contributed by atoms with E-state index in [2.05, 4.69) is 39.4 Å². The maximum Gasteiger partial charge on any atom is 0.254 e. The van der Waals surface area contributed by atoms with Crippen molar-refractivity contribution >= 4 is 5.91 Å². The van der Waals surface area contributed by atoms with Gasteiger partial charge in [0.15, 0.2) is 0 Å². The van der Waals surface area contributed by atoms with Gasteiger partial charge >= 0.3 is 0 Å². The number of hydrogen-bond acceptors (Lipinski definition) is 3. The van der Waals surface area contributed by atoms with E-state index < -0.39 is 0 Å². The zero-order chi connectivity index (χ0) is 20.4. The Kier molecular flexibility index (Phi) is 5.62. The number of fused-ring (bicyclic) bond motifs is 1. The van der Waals surface area contributed by atoms with Crippen LogP contribution in [-0.2, 0) is 13.0 Å². The highest BCUT2D eigenvalue weighted by Crippen LogP contribution is 2.37. The van der Waals surface area contributed by atoms with Crippen LogP contribution < -0.4 is 5.32 Å². The first-order valence-corrected chi connectivity index (χ1v) is 11.6. The lowest BCUT2D eigenvalue weighted by Crippen LogP contribution is -2.60. The van der Waals surface area contributed by atoms with Crippen LogP contribution in [0.15, 0.2) is 54.6 Å². The second-order valence-corrected chi connectivity index (χ2v) is 9.46. The van der Waals surface area contributed by atoms with Crippen LogP contribution in [0.1, 0.15) is 47.2 Å². The minimum absolute atomic E-state index is 0.0535. The molecule has 3 aliphatic heterocycles. The van der Waals surface area contributed by atoms with Gasteiger partial charge in [-0.3, -0.25) is 9.69 Å². The number of likely N-dealkylation sites (tertiary alicyclic amines) is 1. The number of piperidine rings is 1. The number of carbonyl (C=O) groups excluding carboxylic acids is 1. The van der Waals surface area contributed by atoms with Crippen molar-refractivity contribution in [3.8, 4) is 0 Å². The van der Waals surface area contributed by atoms with Gasteiger partial charge in [-0.25, -0.2) is 0 Å². The number of nitrogens with one attached hydrogen (secondary N) is 1. The Labute approximate surface area is 180 Å². The van der Waals surface area contributed by atoms with Gasteiger partial charge in [0, 0.05) is 30.7 Å². The molecule has 2 fully saturated rings. The molecule has 0 aromatic heterocycles. The Morgan fingerprint density at radius 1 is 1.03 bits per heavy atom. The molecule has 30 heavy (non-hydrogen) atoms. The maximum absolute atomic E-state index is 13.5. The van der Waals surface area contributed by atoms with Crippen molar-refractivity contribution in [1.29, 1.82) is 0 Å². The van der Waals surface area contributed by atoms with Crippen LogP contribution >= 0.6 is 0 Å². The summed E-state index contributed by atoms with van der Waals surface area (Å²) in [6.07, 6.45) is 6.04. The Morgan fingerprint density at radius 3 is 2.63 bits per heavy atom. The molecule has 0 radical (unpaired) electrons. The molecule has 0 bridgehead atoms. The summed E-state index contributed by atoms with van der Waals surface area (Å²) in [7, 11) is 0. The molecule has 1 spiro atoms. The number of benzene rings is 2. The number of rotatable bonds is 3. The number of amides is 1. The van der Waals surface area contributed by atoms with Crippen LogP contribution in [0.25, 0.3) is 0 Å². The topological polar surface area (TPSA) is 35.6 Å². The van der Waals surface area contributed by atoms with Gasteiger partial charge < -0.3 is 10.2 Å². The number of carbonyl (C=O) groups is 1. The minimum atomic E-state index is 0.0535. The lowest BCUT2D eigenvalue weighted by molar-refractivity contribution is 0.00788. The summed E-state index contributed by atoms with van der Waals surface area (Å²) >= 11 is 0. The Morgan fingerprint density at radius 2 is 1.83 bits per heavy atom. The van der Waals surface area contributed by atoms with Crippen LogP contribution in [0.3, 0.4) is 0 Å². The molecule has 1 N–H and O–H groups in total. The van der Waals surface area contributed by atoms with E-state index in [4.69, 9.17) is 0 Å². The first-order chi connectivity index (χ1) is 14.7. The van der Waals surface area contributed by atoms with Gasteiger partial charge in [-0.1, -0.05) is 48.9 Å². The van der Waals surface area contributed by atoms with Crippen molar-refractivity contribution in [3.05, 3.63) is 71.3 Å². The first kappa shape index (κ1) is 19.8. The predicted octanol–water partition coefficient (Wildman–Crippen LogP) is 3.72. The zero-order valence-corrected chi connectivity index (χ0v) is 17.9. The standard InChI is InChI=1S/C26H33N3O/c30-25(22-8-2-1-3-9-22)28-19-24-11-5-4-10-23(24)16-26(20-28)13-6-7-15-29(26)18-21-12-14-27-17-21/h1-5,8-11,21,27H,6-7,12-20H2. The Bertz CT molecular complexity index is 877. The highest BCUT2D eigenvalue weighted by atomic mass is 16.2. The lowest BCUT2D eigenvalue weighted by Gasteiger charge is -2.49. The van der Waals surface area contributed by atoms with Crippen LogP contribution in [0.4, 0.5) is 0 Å². The summed E-state index contributed by atoms with van der Waals surface area (Å²) in [5.74, 6) is 0.900. The molecule has 2 aromatic rings. The van der Waals surface area contributed by atoms with E-state index in [1.54, 1.807) is 0 Å². The normalized spacial score (nSPS) is 27.1. The molecule has 0 saturated carbocycles. The van der Waals surface area contributed by atoms with Crippen molar-refractivity contribution < 1.29 is 4.79 Å².